The summed E-state index contributed by atoms with van der Waals surface area (Å²) in [4.78, 5) is 0. The van der Waals surface area contributed by atoms with Crippen LogP contribution in [0, 0.1) is 12.8 Å². The van der Waals surface area contributed by atoms with Gasteiger partial charge in [0.25, 0.3) is 0 Å². The standard InChI is InChI=1S/C20H29N3/c1-14-5-3-7-17-18-13-22-15(2)11-19(18)23(20(14)17)10-8-16-6-4-9-21-12-16/h3,5,7,15-16,21-22H,4,6,8-13H2,1-2H3. The molecule has 2 aliphatic rings. The van der Waals surface area contributed by atoms with Crippen molar-refractivity contribution in [3.05, 3.63) is 35.0 Å². The lowest BCUT2D eigenvalue weighted by molar-refractivity contribution is 0.340. The first-order valence-electron chi connectivity index (χ1n) is 9.27. The van der Waals surface area contributed by atoms with E-state index in [0.717, 1.165) is 18.9 Å². The Hall–Kier alpha value is -1.32. The molecule has 1 fully saturated rings. The molecule has 0 spiro atoms. The lowest BCUT2D eigenvalue weighted by Gasteiger charge is -2.25. The molecule has 3 heterocycles. The molecule has 2 aromatic rings. The molecule has 0 aliphatic carbocycles. The molecular formula is C20H29N3. The molecule has 4 rings (SSSR count). The van der Waals surface area contributed by atoms with Gasteiger partial charge in [-0.2, -0.15) is 0 Å². The van der Waals surface area contributed by atoms with E-state index in [4.69, 9.17) is 0 Å². The zero-order valence-electron chi connectivity index (χ0n) is 14.5. The van der Waals surface area contributed by atoms with Gasteiger partial charge >= 0.3 is 0 Å². The topological polar surface area (TPSA) is 29.0 Å². The number of fused-ring (bicyclic) bond motifs is 3. The molecule has 0 amide bonds. The van der Waals surface area contributed by atoms with Gasteiger partial charge in [-0.1, -0.05) is 18.2 Å². The molecule has 0 saturated carbocycles. The molecule has 124 valence electrons. The second kappa shape index (κ2) is 6.29. The fourth-order valence-electron chi connectivity index (χ4n) is 4.51. The van der Waals surface area contributed by atoms with Gasteiger partial charge in [0.1, 0.15) is 0 Å². The molecule has 0 bridgehead atoms. The lowest BCUT2D eigenvalue weighted by atomic mass is 9.96. The first kappa shape index (κ1) is 15.2. The zero-order chi connectivity index (χ0) is 15.8. The van der Waals surface area contributed by atoms with Gasteiger partial charge in [-0.25, -0.2) is 0 Å². The third kappa shape index (κ3) is 2.81. The molecule has 2 unspecified atom stereocenters. The van der Waals surface area contributed by atoms with Crippen molar-refractivity contribution in [2.24, 2.45) is 5.92 Å². The van der Waals surface area contributed by atoms with Crippen molar-refractivity contribution >= 4 is 10.9 Å². The molecular weight excluding hydrogens is 282 g/mol. The third-order valence-electron chi connectivity index (χ3n) is 5.79. The van der Waals surface area contributed by atoms with Crippen LogP contribution in [0.3, 0.4) is 0 Å². The second-order valence-corrected chi connectivity index (χ2v) is 7.54. The number of para-hydroxylation sites is 1. The fraction of sp³-hybridized carbons (Fsp3) is 0.600. The highest BCUT2D eigenvalue weighted by atomic mass is 15.0. The number of hydrogen-bond acceptors (Lipinski definition) is 2. The highest BCUT2D eigenvalue weighted by molar-refractivity contribution is 5.88. The van der Waals surface area contributed by atoms with Crippen LogP contribution in [0.25, 0.3) is 10.9 Å². The van der Waals surface area contributed by atoms with Crippen LogP contribution in [0.15, 0.2) is 18.2 Å². The Morgan fingerprint density at radius 2 is 2.22 bits per heavy atom. The van der Waals surface area contributed by atoms with Gasteiger partial charge in [0.15, 0.2) is 0 Å². The van der Waals surface area contributed by atoms with Crippen molar-refractivity contribution in [3.63, 3.8) is 0 Å². The predicted octanol–water partition coefficient (Wildman–Crippen LogP) is 3.37. The maximum absolute atomic E-state index is 3.65. The molecule has 23 heavy (non-hydrogen) atoms. The number of piperidine rings is 1. The van der Waals surface area contributed by atoms with Crippen molar-refractivity contribution in [3.8, 4) is 0 Å². The quantitative estimate of drug-likeness (QED) is 0.910. The highest BCUT2D eigenvalue weighted by Crippen LogP contribution is 2.32. The highest BCUT2D eigenvalue weighted by Gasteiger charge is 2.24. The van der Waals surface area contributed by atoms with Crippen LogP contribution < -0.4 is 10.6 Å². The van der Waals surface area contributed by atoms with E-state index in [1.165, 1.54) is 55.4 Å². The van der Waals surface area contributed by atoms with E-state index in [9.17, 15) is 0 Å². The number of rotatable bonds is 3. The van der Waals surface area contributed by atoms with Gasteiger partial charge < -0.3 is 15.2 Å². The Balaban J connectivity index is 1.70. The summed E-state index contributed by atoms with van der Waals surface area (Å²) in [6.07, 6.45) is 5.20. The van der Waals surface area contributed by atoms with Crippen molar-refractivity contribution < 1.29 is 0 Å². The van der Waals surface area contributed by atoms with Gasteiger partial charge in [0.2, 0.25) is 0 Å². The molecule has 2 atom stereocenters. The molecule has 3 nitrogen and oxygen atoms in total. The van der Waals surface area contributed by atoms with Crippen LogP contribution in [-0.2, 0) is 19.5 Å². The van der Waals surface area contributed by atoms with E-state index in [1.807, 2.05) is 0 Å². The summed E-state index contributed by atoms with van der Waals surface area (Å²) in [5.41, 5.74) is 6.04. The van der Waals surface area contributed by atoms with Gasteiger partial charge in [-0.3, -0.25) is 0 Å². The molecule has 1 aromatic heterocycles. The average molecular weight is 311 g/mol. The van der Waals surface area contributed by atoms with Crippen molar-refractivity contribution in [2.75, 3.05) is 13.1 Å². The largest absolute Gasteiger partial charge is 0.344 e. The molecule has 2 N–H and O–H groups in total. The van der Waals surface area contributed by atoms with Crippen LogP contribution in [0.4, 0.5) is 0 Å². The molecule has 2 aliphatic heterocycles. The number of aryl methyl sites for hydroxylation is 2. The van der Waals surface area contributed by atoms with Gasteiger partial charge in [-0.15, -0.1) is 0 Å². The van der Waals surface area contributed by atoms with E-state index < -0.39 is 0 Å². The maximum Gasteiger partial charge on any atom is 0.0515 e. The zero-order valence-corrected chi connectivity index (χ0v) is 14.5. The van der Waals surface area contributed by atoms with E-state index >= 15 is 0 Å². The number of hydrogen-bond donors (Lipinski definition) is 2. The van der Waals surface area contributed by atoms with Crippen molar-refractivity contribution in [1.82, 2.24) is 15.2 Å². The Morgan fingerprint density at radius 1 is 1.30 bits per heavy atom. The first-order valence-corrected chi connectivity index (χ1v) is 9.27. The summed E-state index contributed by atoms with van der Waals surface area (Å²) >= 11 is 0. The van der Waals surface area contributed by atoms with Crippen LogP contribution in [0.2, 0.25) is 0 Å². The molecule has 1 saturated heterocycles. The van der Waals surface area contributed by atoms with Crippen LogP contribution in [-0.4, -0.2) is 23.7 Å². The van der Waals surface area contributed by atoms with E-state index in [-0.39, 0.29) is 0 Å². The summed E-state index contributed by atoms with van der Waals surface area (Å²) in [6, 6.07) is 7.38. The SMILES string of the molecule is Cc1cccc2c3c(n(CCC4CCCNC4)c12)CC(C)NC3. The van der Waals surface area contributed by atoms with E-state index in [1.54, 1.807) is 11.3 Å². The van der Waals surface area contributed by atoms with E-state index in [0.29, 0.717) is 6.04 Å². The second-order valence-electron chi connectivity index (χ2n) is 7.54. The van der Waals surface area contributed by atoms with Crippen molar-refractivity contribution in [2.45, 2.75) is 58.7 Å². The van der Waals surface area contributed by atoms with Gasteiger partial charge in [0, 0.05) is 36.6 Å². The number of benzene rings is 1. The Morgan fingerprint density at radius 3 is 3.04 bits per heavy atom. The Kier molecular flexibility index (Phi) is 4.16. The summed E-state index contributed by atoms with van der Waals surface area (Å²) < 4.78 is 2.66. The van der Waals surface area contributed by atoms with Crippen LogP contribution >= 0.6 is 0 Å². The molecule has 3 heteroatoms. The summed E-state index contributed by atoms with van der Waals surface area (Å²) in [5, 5.41) is 8.68. The summed E-state index contributed by atoms with van der Waals surface area (Å²) in [7, 11) is 0. The fourth-order valence-corrected chi connectivity index (χ4v) is 4.51. The number of nitrogens with zero attached hydrogens (tertiary/aromatic N) is 1. The first-order chi connectivity index (χ1) is 11.2. The third-order valence-corrected chi connectivity index (χ3v) is 5.79. The Bertz CT molecular complexity index is 694. The van der Waals surface area contributed by atoms with Crippen LogP contribution in [0.1, 0.15) is 43.0 Å². The van der Waals surface area contributed by atoms with Crippen molar-refractivity contribution in [1.29, 1.82) is 0 Å². The van der Waals surface area contributed by atoms with Gasteiger partial charge in [0.05, 0.1) is 5.52 Å². The van der Waals surface area contributed by atoms with E-state index in [2.05, 4.69) is 47.2 Å². The predicted molar refractivity (Wildman–Crippen MR) is 96.9 cm³/mol. The van der Waals surface area contributed by atoms with Gasteiger partial charge in [-0.05, 0) is 63.2 Å². The summed E-state index contributed by atoms with van der Waals surface area (Å²) in [5.74, 6) is 0.847. The Labute approximate surface area is 139 Å². The lowest BCUT2D eigenvalue weighted by Crippen LogP contribution is -2.34. The minimum Gasteiger partial charge on any atom is -0.344 e. The maximum atomic E-state index is 3.65. The van der Waals surface area contributed by atoms with Crippen LogP contribution in [0.5, 0.6) is 0 Å². The number of aromatic nitrogens is 1. The molecule has 0 radical (unpaired) electrons. The number of nitrogens with one attached hydrogen (secondary N) is 2. The summed E-state index contributed by atoms with van der Waals surface area (Å²) in [6.45, 7) is 9.19. The molecule has 1 aromatic carbocycles. The minimum absolute atomic E-state index is 0.585. The normalized spacial score (nSPS) is 24.8. The minimum atomic E-state index is 0.585. The average Bonchev–Trinajstić information content (AvgIpc) is 2.88. The monoisotopic (exact) mass is 311 g/mol. The smallest absolute Gasteiger partial charge is 0.0515 e.